The molecule has 0 heterocycles. The second-order valence-corrected chi connectivity index (χ2v) is 9.00. The molecule has 0 saturated heterocycles. The van der Waals surface area contributed by atoms with E-state index in [1.165, 1.54) is 43.7 Å². The Labute approximate surface area is 196 Å². The van der Waals surface area contributed by atoms with Crippen molar-refractivity contribution in [1.29, 1.82) is 0 Å². The Balaban J connectivity index is 1.39. The topological polar surface area (TPSA) is 9.23 Å². The molecule has 172 valence electrons. The molecule has 0 aliphatic heterocycles. The standard InChI is InChI=1S/C30H32F2O/c1-3-21-5-7-22(8-6-21)9-10-23-11-13-24(14-12-23)25-15-17-26(18-16-25)27-19-20-28(33-4-2)30(32)29(27)31/h3,11-22H,1,4-10H2,2H3. The van der Waals surface area contributed by atoms with Crippen molar-refractivity contribution in [2.24, 2.45) is 11.8 Å². The maximum absolute atomic E-state index is 14.5. The van der Waals surface area contributed by atoms with Gasteiger partial charge in [-0.25, -0.2) is 4.39 Å². The molecular formula is C30H32F2O. The van der Waals surface area contributed by atoms with Crippen LogP contribution in [0.2, 0.25) is 0 Å². The molecule has 1 saturated carbocycles. The highest BCUT2D eigenvalue weighted by Crippen LogP contribution is 2.33. The van der Waals surface area contributed by atoms with Gasteiger partial charge in [-0.2, -0.15) is 4.39 Å². The van der Waals surface area contributed by atoms with Crippen LogP contribution in [0.25, 0.3) is 22.3 Å². The average molecular weight is 447 g/mol. The van der Waals surface area contributed by atoms with Crippen LogP contribution >= 0.6 is 0 Å². The zero-order valence-electron chi connectivity index (χ0n) is 19.3. The molecule has 1 aliphatic rings. The van der Waals surface area contributed by atoms with Crippen LogP contribution in [-0.2, 0) is 6.42 Å². The zero-order valence-corrected chi connectivity index (χ0v) is 19.3. The number of hydrogen-bond acceptors (Lipinski definition) is 1. The van der Waals surface area contributed by atoms with E-state index in [-0.39, 0.29) is 11.3 Å². The Hall–Kier alpha value is -2.94. The molecule has 3 heteroatoms. The summed E-state index contributed by atoms with van der Waals surface area (Å²) in [6, 6.07) is 19.3. The Morgan fingerprint density at radius 2 is 1.42 bits per heavy atom. The number of aryl methyl sites for hydroxylation is 1. The van der Waals surface area contributed by atoms with Crippen molar-refractivity contribution in [3.63, 3.8) is 0 Å². The first-order valence-corrected chi connectivity index (χ1v) is 12.0. The van der Waals surface area contributed by atoms with Crippen LogP contribution in [0.4, 0.5) is 8.78 Å². The van der Waals surface area contributed by atoms with E-state index in [0.717, 1.165) is 29.4 Å². The van der Waals surface area contributed by atoms with Crippen LogP contribution in [-0.4, -0.2) is 6.61 Å². The van der Waals surface area contributed by atoms with Crippen molar-refractivity contribution < 1.29 is 13.5 Å². The van der Waals surface area contributed by atoms with E-state index in [4.69, 9.17) is 4.74 Å². The van der Waals surface area contributed by atoms with E-state index in [0.29, 0.717) is 12.2 Å². The van der Waals surface area contributed by atoms with Gasteiger partial charge in [-0.15, -0.1) is 6.58 Å². The molecule has 0 bridgehead atoms. The largest absolute Gasteiger partial charge is 0.491 e. The monoisotopic (exact) mass is 446 g/mol. The Bertz CT molecular complexity index is 1060. The summed E-state index contributed by atoms with van der Waals surface area (Å²) < 4.78 is 33.9. The molecule has 3 aromatic carbocycles. The van der Waals surface area contributed by atoms with Gasteiger partial charge in [-0.3, -0.25) is 0 Å². The van der Waals surface area contributed by atoms with E-state index >= 15 is 0 Å². The summed E-state index contributed by atoms with van der Waals surface area (Å²) in [5.74, 6) is -0.322. The van der Waals surface area contributed by atoms with Crippen molar-refractivity contribution in [2.45, 2.75) is 45.4 Å². The first kappa shape index (κ1) is 23.2. The lowest BCUT2D eigenvalue weighted by atomic mass is 9.79. The molecule has 1 aliphatic carbocycles. The number of rotatable bonds is 8. The molecule has 0 atom stereocenters. The molecule has 0 unspecified atom stereocenters. The van der Waals surface area contributed by atoms with E-state index in [9.17, 15) is 8.78 Å². The number of benzene rings is 3. The normalized spacial score (nSPS) is 18.2. The molecule has 0 spiro atoms. The van der Waals surface area contributed by atoms with Gasteiger partial charge in [0.2, 0.25) is 5.82 Å². The van der Waals surface area contributed by atoms with Crippen LogP contribution < -0.4 is 4.74 Å². The average Bonchev–Trinajstić information content (AvgIpc) is 2.87. The maximum atomic E-state index is 14.5. The molecule has 33 heavy (non-hydrogen) atoms. The van der Waals surface area contributed by atoms with Crippen LogP contribution in [0, 0.1) is 23.5 Å². The van der Waals surface area contributed by atoms with Crippen molar-refractivity contribution >= 4 is 0 Å². The highest BCUT2D eigenvalue weighted by Gasteiger charge is 2.19. The Morgan fingerprint density at radius 3 is 2.03 bits per heavy atom. The Morgan fingerprint density at radius 1 is 0.818 bits per heavy atom. The maximum Gasteiger partial charge on any atom is 0.201 e. The van der Waals surface area contributed by atoms with E-state index < -0.39 is 11.6 Å². The van der Waals surface area contributed by atoms with Crippen LogP contribution in [0.5, 0.6) is 5.75 Å². The van der Waals surface area contributed by atoms with E-state index in [2.05, 4.69) is 36.9 Å². The molecule has 1 fully saturated rings. The molecule has 0 amide bonds. The minimum Gasteiger partial charge on any atom is -0.491 e. The molecule has 0 N–H and O–H groups in total. The minimum atomic E-state index is -0.942. The summed E-state index contributed by atoms with van der Waals surface area (Å²) in [7, 11) is 0. The van der Waals surface area contributed by atoms with Crippen molar-refractivity contribution in [1.82, 2.24) is 0 Å². The fourth-order valence-corrected chi connectivity index (χ4v) is 4.81. The lowest BCUT2D eigenvalue weighted by Gasteiger charge is -2.26. The summed E-state index contributed by atoms with van der Waals surface area (Å²) in [6.45, 7) is 5.97. The highest BCUT2D eigenvalue weighted by atomic mass is 19.2. The predicted molar refractivity (Wildman–Crippen MR) is 132 cm³/mol. The summed E-state index contributed by atoms with van der Waals surface area (Å²) >= 11 is 0. The quantitative estimate of drug-likeness (QED) is 0.315. The summed E-state index contributed by atoms with van der Waals surface area (Å²) in [6.07, 6.45) is 9.70. The molecule has 0 radical (unpaired) electrons. The van der Waals surface area contributed by atoms with Gasteiger partial charge in [0, 0.05) is 5.56 Å². The van der Waals surface area contributed by atoms with Gasteiger partial charge in [0.15, 0.2) is 11.6 Å². The minimum absolute atomic E-state index is 0.0556. The van der Waals surface area contributed by atoms with Crippen LogP contribution in [0.1, 0.15) is 44.6 Å². The number of ether oxygens (including phenoxy) is 1. The molecule has 0 aromatic heterocycles. The van der Waals surface area contributed by atoms with E-state index in [1.54, 1.807) is 13.0 Å². The smallest absolute Gasteiger partial charge is 0.201 e. The second kappa shape index (κ2) is 10.8. The van der Waals surface area contributed by atoms with Gasteiger partial charge in [0.05, 0.1) is 6.61 Å². The van der Waals surface area contributed by atoms with E-state index in [1.807, 2.05) is 24.3 Å². The van der Waals surface area contributed by atoms with Gasteiger partial charge in [-0.1, -0.05) is 54.6 Å². The van der Waals surface area contributed by atoms with Crippen molar-refractivity contribution in [2.75, 3.05) is 6.61 Å². The van der Waals surface area contributed by atoms with Gasteiger partial charge in [0.25, 0.3) is 0 Å². The number of halogens is 2. The van der Waals surface area contributed by atoms with Crippen molar-refractivity contribution in [3.05, 3.63) is 90.5 Å². The third-order valence-electron chi connectivity index (χ3n) is 6.90. The zero-order chi connectivity index (χ0) is 23.2. The molecular weight excluding hydrogens is 414 g/mol. The third kappa shape index (κ3) is 5.52. The summed E-state index contributed by atoms with van der Waals surface area (Å²) in [5, 5.41) is 0. The first-order chi connectivity index (χ1) is 16.1. The number of hydrogen-bond donors (Lipinski definition) is 0. The van der Waals surface area contributed by atoms with Gasteiger partial charge in [0.1, 0.15) is 0 Å². The fourth-order valence-electron chi connectivity index (χ4n) is 4.81. The lowest BCUT2D eigenvalue weighted by Crippen LogP contribution is -2.13. The van der Waals surface area contributed by atoms with Crippen LogP contribution in [0.15, 0.2) is 73.3 Å². The fraction of sp³-hybridized carbons (Fsp3) is 0.333. The third-order valence-corrected chi connectivity index (χ3v) is 6.90. The SMILES string of the molecule is C=CC1CCC(CCc2ccc(-c3ccc(-c4ccc(OCC)c(F)c4F)cc3)cc2)CC1. The lowest BCUT2D eigenvalue weighted by molar-refractivity contribution is 0.296. The molecule has 1 nitrogen and oxygen atoms in total. The Kier molecular flexibility index (Phi) is 7.59. The summed E-state index contributed by atoms with van der Waals surface area (Å²) in [4.78, 5) is 0. The number of allylic oxidation sites excluding steroid dienone is 1. The van der Waals surface area contributed by atoms with Gasteiger partial charge < -0.3 is 4.74 Å². The first-order valence-electron chi connectivity index (χ1n) is 12.0. The summed E-state index contributed by atoms with van der Waals surface area (Å²) in [5.41, 5.74) is 4.42. The highest BCUT2D eigenvalue weighted by molar-refractivity contribution is 5.71. The van der Waals surface area contributed by atoms with Crippen LogP contribution in [0.3, 0.4) is 0 Å². The van der Waals surface area contributed by atoms with Gasteiger partial charge >= 0.3 is 0 Å². The van der Waals surface area contributed by atoms with Gasteiger partial charge in [-0.05, 0) is 91.7 Å². The second-order valence-electron chi connectivity index (χ2n) is 9.00. The molecule has 4 rings (SSSR count). The van der Waals surface area contributed by atoms with Crippen molar-refractivity contribution in [3.8, 4) is 28.0 Å². The predicted octanol–water partition coefficient (Wildman–Crippen LogP) is 8.62. The molecule has 3 aromatic rings.